The van der Waals surface area contributed by atoms with Crippen molar-refractivity contribution in [1.29, 1.82) is 0 Å². The molecule has 0 saturated heterocycles. The summed E-state index contributed by atoms with van der Waals surface area (Å²) >= 11 is 0. The van der Waals surface area contributed by atoms with Crippen LogP contribution in [0.5, 0.6) is 11.5 Å². The molecule has 5 rings (SSSR count). The van der Waals surface area contributed by atoms with Gasteiger partial charge in [0.05, 0.1) is 20.3 Å². The van der Waals surface area contributed by atoms with E-state index in [1.165, 1.54) is 63.1 Å². The van der Waals surface area contributed by atoms with E-state index in [-0.39, 0.29) is 6.04 Å². The first-order valence-corrected chi connectivity index (χ1v) is 15.1. The van der Waals surface area contributed by atoms with Gasteiger partial charge in [0.1, 0.15) is 0 Å². The molecule has 0 amide bonds. The van der Waals surface area contributed by atoms with E-state index < -0.39 is 0 Å². The maximum Gasteiger partial charge on any atom is 0.161 e. The van der Waals surface area contributed by atoms with Gasteiger partial charge in [0.25, 0.3) is 0 Å². The number of nitrogens with one attached hydrogen (secondary N) is 1. The minimum Gasteiger partial charge on any atom is -0.493 e. The number of hydrogen-bond donors (Lipinski definition) is 1. The maximum absolute atomic E-state index is 5.78. The number of benzene rings is 5. The molecule has 0 fully saturated rings. The molecule has 5 aromatic carbocycles. The molecule has 0 unspecified atom stereocenters. The lowest BCUT2D eigenvalue weighted by Gasteiger charge is -2.24. The first kappa shape index (κ1) is 28.5. The summed E-state index contributed by atoms with van der Waals surface area (Å²) in [5, 5.41) is 8.94. The topological polar surface area (TPSA) is 30.5 Å². The van der Waals surface area contributed by atoms with Crippen molar-refractivity contribution in [2.75, 3.05) is 19.5 Å². The number of rotatable bonds is 12. The van der Waals surface area contributed by atoms with Crippen molar-refractivity contribution in [2.24, 2.45) is 5.92 Å². The summed E-state index contributed by atoms with van der Waals surface area (Å²) in [5.74, 6) is 2.16. The molecule has 0 spiro atoms. The molecule has 41 heavy (non-hydrogen) atoms. The van der Waals surface area contributed by atoms with Crippen LogP contribution in [-0.2, 0) is 12.8 Å². The SMILES string of the molecule is CCCC[C@H](C)Cc1c(CC)c2cc(OC)c(OC)cc2c2cc(NC(c3ccccc3)c3ccccc3)ccc12. The van der Waals surface area contributed by atoms with E-state index in [9.17, 15) is 0 Å². The van der Waals surface area contributed by atoms with Gasteiger partial charge in [-0.05, 0) is 86.8 Å². The molecule has 0 aliphatic heterocycles. The Morgan fingerprint density at radius 2 is 1.24 bits per heavy atom. The molecular weight excluding hydrogens is 502 g/mol. The van der Waals surface area contributed by atoms with Crippen molar-refractivity contribution < 1.29 is 9.47 Å². The predicted molar refractivity (Wildman–Crippen MR) is 175 cm³/mol. The highest BCUT2D eigenvalue weighted by Gasteiger charge is 2.20. The summed E-state index contributed by atoms with van der Waals surface area (Å²) in [7, 11) is 3.44. The van der Waals surface area contributed by atoms with Gasteiger partial charge in [-0.1, -0.05) is 107 Å². The molecule has 3 heteroatoms. The molecular formula is C38H43NO2. The number of unbranched alkanes of at least 4 members (excludes halogenated alkanes) is 1. The maximum atomic E-state index is 5.78. The first-order chi connectivity index (χ1) is 20.1. The molecule has 3 nitrogen and oxygen atoms in total. The lowest BCUT2D eigenvalue weighted by Crippen LogP contribution is -2.12. The molecule has 1 atom stereocenters. The van der Waals surface area contributed by atoms with Crippen LogP contribution in [0, 0.1) is 5.92 Å². The van der Waals surface area contributed by atoms with Crippen molar-refractivity contribution in [1.82, 2.24) is 0 Å². The zero-order valence-corrected chi connectivity index (χ0v) is 25.2. The quantitative estimate of drug-likeness (QED) is 0.158. The van der Waals surface area contributed by atoms with Crippen LogP contribution in [-0.4, -0.2) is 14.2 Å². The molecule has 5 aromatic rings. The second kappa shape index (κ2) is 13.1. The minimum atomic E-state index is 0.0409. The molecule has 0 aliphatic carbocycles. The van der Waals surface area contributed by atoms with E-state index in [0.717, 1.165) is 30.0 Å². The third kappa shape index (κ3) is 6.05. The molecule has 0 saturated carbocycles. The van der Waals surface area contributed by atoms with Gasteiger partial charge in [-0.15, -0.1) is 0 Å². The molecule has 0 aliphatic rings. The largest absolute Gasteiger partial charge is 0.493 e. The van der Waals surface area contributed by atoms with Crippen LogP contribution in [0.1, 0.15) is 68.3 Å². The second-order valence-corrected chi connectivity index (χ2v) is 11.2. The molecule has 0 bridgehead atoms. The number of methoxy groups -OCH3 is 2. The Morgan fingerprint density at radius 1 is 0.659 bits per heavy atom. The number of hydrogen-bond acceptors (Lipinski definition) is 3. The molecule has 1 N–H and O–H groups in total. The van der Waals surface area contributed by atoms with Crippen molar-refractivity contribution in [2.45, 2.75) is 58.9 Å². The van der Waals surface area contributed by atoms with E-state index in [1.54, 1.807) is 14.2 Å². The Labute approximate surface area is 245 Å². The number of ether oxygens (including phenoxy) is 2. The summed E-state index contributed by atoms with van der Waals surface area (Å²) in [4.78, 5) is 0. The van der Waals surface area contributed by atoms with Gasteiger partial charge in [-0.3, -0.25) is 0 Å². The van der Waals surface area contributed by atoms with Crippen LogP contribution in [0.25, 0.3) is 21.5 Å². The minimum absolute atomic E-state index is 0.0409. The number of fused-ring (bicyclic) bond motifs is 3. The standard InChI is InChI=1S/C38H43NO2/c1-6-8-15-26(3)22-32-30(7-2)34-24-36(40-4)37(41-5)25-35(34)33-23-29(20-21-31(32)33)39-38(27-16-11-9-12-17-27)28-18-13-10-14-19-28/h9-14,16-21,23-26,38-39H,6-8,15,22H2,1-5H3/t26-/m0/s1. The Hall–Kier alpha value is -3.98. The van der Waals surface area contributed by atoms with Gasteiger partial charge in [0.15, 0.2) is 11.5 Å². The first-order valence-electron chi connectivity index (χ1n) is 15.1. The summed E-state index contributed by atoms with van der Waals surface area (Å²) in [5.41, 5.74) is 6.47. The fourth-order valence-electron chi connectivity index (χ4n) is 6.25. The van der Waals surface area contributed by atoms with E-state index in [1.807, 2.05) is 0 Å². The number of aryl methyl sites for hydroxylation is 1. The van der Waals surface area contributed by atoms with E-state index in [0.29, 0.717) is 5.92 Å². The average molecular weight is 546 g/mol. The van der Waals surface area contributed by atoms with Crippen molar-refractivity contribution in [3.05, 3.63) is 113 Å². The smallest absolute Gasteiger partial charge is 0.161 e. The zero-order valence-electron chi connectivity index (χ0n) is 25.2. The second-order valence-electron chi connectivity index (χ2n) is 11.2. The fourth-order valence-corrected chi connectivity index (χ4v) is 6.25. The third-order valence-electron chi connectivity index (χ3n) is 8.38. The van der Waals surface area contributed by atoms with Crippen LogP contribution in [0.2, 0.25) is 0 Å². The van der Waals surface area contributed by atoms with Crippen LogP contribution in [0.4, 0.5) is 5.69 Å². The van der Waals surface area contributed by atoms with Crippen LogP contribution >= 0.6 is 0 Å². The third-order valence-corrected chi connectivity index (χ3v) is 8.38. The van der Waals surface area contributed by atoms with E-state index in [2.05, 4.69) is 117 Å². The lowest BCUT2D eigenvalue weighted by molar-refractivity contribution is 0.356. The van der Waals surface area contributed by atoms with E-state index in [4.69, 9.17) is 9.47 Å². The van der Waals surface area contributed by atoms with Crippen molar-refractivity contribution in [3.8, 4) is 11.5 Å². The van der Waals surface area contributed by atoms with Crippen LogP contribution in [0.15, 0.2) is 91.0 Å². The van der Waals surface area contributed by atoms with Gasteiger partial charge in [0, 0.05) is 5.69 Å². The Kier molecular flexibility index (Phi) is 9.14. The monoisotopic (exact) mass is 545 g/mol. The lowest BCUT2D eigenvalue weighted by atomic mass is 9.84. The molecule has 0 radical (unpaired) electrons. The molecule has 212 valence electrons. The van der Waals surface area contributed by atoms with Gasteiger partial charge in [-0.2, -0.15) is 0 Å². The fraction of sp³-hybridized carbons (Fsp3) is 0.316. The van der Waals surface area contributed by atoms with Crippen molar-refractivity contribution >= 4 is 27.2 Å². The Morgan fingerprint density at radius 3 is 1.80 bits per heavy atom. The van der Waals surface area contributed by atoms with Gasteiger partial charge < -0.3 is 14.8 Å². The average Bonchev–Trinajstić information content (AvgIpc) is 3.02. The highest BCUT2D eigenvalue weighted by molar-refractivity contribution is 6.12. The van der Waals surface area contributed by atoms with Crippen molar-refractivity contribution in [3.63, 3.8) is 0 Å². The van der Waals surface area contributed by atoms with Gasteiger partial charge >= 0.3 is 0 Å². The Bertz CT molecular complexity index is 1550. The Balaban J connectivity index is 1.70. The van der Waals surface area contributed by atoms with Crippen LogP contribution in [0.3, 0.4) is 0 Å². The predicted octanol–water partition coefficient (Wildman–Crippen LogP) is 10.1. The van der Waals surface area contributed by atoms with Crippen LogP contribution < -0.4 is 14.8 Å². The van der Waals surface area contributed by atoms with Gasteiger partial charge in [0.2, 0.25) is 0 Å². The normalized spacial score (nSPS) is 12.1. The molecule has 0 heterocycles. The summed E-state index contributed by atoms with van der Waals surface area (Å²) < 4.78 is 11.5. The summed E-state index contributed by atoms with van der Waals surface area (Å²) in [6.45, 7) is 6.96. The summed E-state index contributed by atoms with van der Waals surface area (Å²) in [6, 6.07) is 32.7. The number of anilines is 1. The highest BCUT2D eigenvalue weighted by atomic mass is 16.5. The van der Waals surface area contributed by atoms with Gasteiger partial charge in [-0.25, -0.2) is 0 Å². The highest BCUT2D eigenvalue weighted by Crippen LogP contribution is 2.42. The summed E-state index contributed by atoms with van der Waals surface area (Å²) in [6.07, 6.45) is 5.81. The zero-order chi connectivity index (χ0) is 28.8. The van der Waals surface area contributed by atoms with E-state index >= 15 is 0 Å². The molecule has 0 aromatic heterocycles.